The minimum Gasteiger partial charge on any atom is -0.349 e. The molecule has 1 aliphatic carbocycles. The van der Waals surface area contributed by atoms with Crippen molar-refractivity contribution in [2.75, 3.05) is 5.75 Å². The number of amides is 1. The smallest absolute Gasteiger partial charge is 0.305 e. The van der Waals surface area contributed by atoms with E-state index in [1.807, 2.05) is 11.8 Å². The molecular formula is C14H17FN2O3S. The maximum absolute atomic E-state index is 13.2. The maximum Gasteiger partial charge on any atom is 0.305 e. The van der Waals surface area contributed by atoms with Crippen LogP contribution in [0.4, 0.5) is 10.1 Å². The number of benzene rings is 1. The number of nitro groups is 1. The van der Waals surface area contributed by atoms with Gasteiger partial charge in [0.15, 0.2) is 0 Å². The van der Waals surface area contributed by atoms with Crippen molar-refractivity contribution in [1.82, 2.24) is 5.32 Å². The first-order chi connectivity index (χ1) is 10.0. The van der Waals surface area contributed by atoms with Crippen molar-refractivity contribution in [3.8, 4) is 0 Å². The van der Waals surface area contributed by atoms with Crippen LogP contribution in [0.3, 0.4) is 0 Å². The van der Waals surface area contributed by atoms with Gasteiger partial charge in [0.05, 0.1) is 4.92 Å². The Hall–Kier alpha value is -1.63. The van der Waals surface area contributed by atoms with Gasteiger partial charge in [0.2, 0.25) is 5.82 Å². The molecule has 1 N–H and O–H groups in total. The number of hydrogen-bond donors (Lipinski definition) is 1. The summed E-state index contributed by atoms with van der Waals surface area (Å²) in [5, 5.41) is 14.1. The van der Waals surface area contributed by atoms with E-state index in [4.69, 9.17) is 0 Å². The van der Waals surface area contributed by atoms with Crippen LogP contribution >= 0.6 is 11.8 Å². The Balaban J connectivity index is 2.01. The molecule has 1 aromatic carbocycles. The van der Waals surface area contributed by atoms with E-state index >= 15 is 0 Å². The van der Waals surface area contributed by atoms with Crippen molar-refractivity contribution in [1.29, 1.82) is 0 Å². The summed E-state index contributed by atoms with van der Waals surface area (Å²) in [5.41, 5.74) is -0.553. The number of thioether (sulfide) groups is 1. The number of carbonyl (C=O) groups is 1. The monoisotopic (exact) mass is 312 g/mol. The van der Waals surface area contributed by atoms with E-state index in [1.54, 1.807) is 0 Å². The molecule has 0 aliphatic heterocycles. The Morgan fingerprint density at radius 2 is 2.29 bits per heavy atom. The molecule has 0 bridgehead atoms. The van der Waals surface area contributed by atoms with E-state index in [-0.39, 0.29) is 17.5 Å². The fourth-order valence-corrected chi connectivity index (χ4v) is 3.66. The van der Waals surface area contributed by atoms with E-state index < -0.39 is 16.4 Å². The maximum atomic E-state index is 13.2. The summed E-state index contributed by atoms with van der Waals surface area (Å²) in [5.74, 6) is -0.266. The first kappa shape index (κ1) is 15.8. The molecule has 0 spiro atoms. The average Bonchev–Trinajstić information content (AvgIpc) is 2.86. The number of halogens is 1. The van der Waals surface area contributed by atoms with Gasteiger partial charge in [-0.15, -0.1) is 0 Å². The molecule has 2 atom stereocenters. The second-order valence-electron chi connectivity index (χ2n) is 4.98. The zero-order chi connectivity index (χ0) is 15.4. The molecule has 1 aromatic rings. The first-order valence-corrected chi connectivity index (χ1v) is 7.92. The highest BCUT2D eigenvalue weighted by atomic mass is 32.2. The summed E-state index contributed by atoms with van der Waals surface area (Å²) in [7, 11) is 0. The van der Waals surface area contributed by atoms with Gasteiger partial charge in [0.1, 0.15) is 0 Å². The van der Waals surface area contributed by atoms with Crippen LogP contribution in [0.15, 0.2) is 18.2 Å². The number of rotatable bonds is 5. The lowest BCUT2D eigenvalue weighted by molar-refractivity contribution is -0.387. The third kappa shape index (κ3) is 3.93. The van der Waals surface area contributed by atoms with Crippen LogP contribution < -0.4 is 5.32 Å². The Morgan fingerprint density at radius 3 is 2.95 bits per heavy atom. The summed E-state index contributed by atoms with van der Waals surface area (Å²) in [4.78, 5) is 22.0. The minimum atomic E-state index is -0.933. The van der Waals surface area contributed by atoms with E-state index in [0.29, 0.717) is 5.25 Å². The third-order valence-electron chi connectivity index (χ3n) is 3.53. The lowest BCUT2D eigenvalue weighted by Gasteiger charge is -2.13. The molecule has 0 aromatic heterocycles. The van der Waals surface area contributed by atoms with Gasteiger partial charge in [-0.1, -0.05) is 6.92 Å². The Morgan fingerprint density at radius 1 is 1.52 bits per heavy atom. The van der Waals surface area contributed by atoms with Gasteiger partial charge in [-0.2, -0.15) is 16.2 Å². The van der Waals surface area contributed by atoms with E-state index in [1.165, 1.54) is 6.07 Å². The minimum absolute atomic E-state index is 0.0886. The lowest BCUT2D eigenvalue weighted by atomic mass is 10.1. The number of carbonyl (C=O) groups excluding carboxylic acids is 1. The van der Waals surface area contributed by atoms with Gasteiger partial charge >= 0.3 is 5.69 Å². The topological polar surface area (TPSA) is 72.2 Å². The fraction of sp³-hybridized carbons (Fsp3) is 0.500. The second kappa shape index (κ2) is 6.89. The third-order valence-corrected chi connectivity index (χ3v) is 4.76. The molecule has 7 heteroatoms. The van der Waals surface area contributed by atoms with Gasteiger partial charge in [0.25, 0.3) is 5.91 Å². The van der Waals surface area contributed by atoms with Crippen LogP contribution in [0.5, 0.6) is 0 Å². The Labute approximate surface area is 126 Å². The van der Waals surface area contributed by atoms with Crippen LogP contribution in [0.25, 0.3) is 0 Å². The molecule has 5 nitrogen and oxygen atoms in total. The predicted octanol–water partition coefficient (Wildman–Crippen LogP) is 3.14. The Bertz CT molecular complexity index is 553. The van der Waals surface area contributed by atoms with Crippen molar-refractivity contribution in [2.24, 2.45) is 0 Å². The molecule has 21 heavy (non-hydrogen) atoms. The summed E-state index contributed by atoms with van der Waals surface area (Å²) in [6, 6.07) is 3.30. The summed E-state index contributed by atoms with van der Waals surface area (Å²) in [6.45, 7) is 2.11. The van der Waals surface area contributed by atoms with Crippen LogP contribution in [-0.2, 0) is 0 Å². The molecule has 114 valence electrons. The summed E-state index contributed by atoms with van der Waals surface area (Å²) >= 11 is 1.88. The van der Waals surface area contributed by atoms with Crippen molar-refractivity contribution in [3.63, 3.8) is 0 Å². The van der Waals surface area contributed by atoms with E-state index in [2.05, 4.69) is 12.2 Å². The molecule has 1 amide bonds. The quantitative estimate of drug-likeness (QED) is 0.669. The highest BCUT2D eigenvalue weighted by Crippen LogP contribution is 2.30. The molecule has 0 heterocycles. The zero-order valence-electron chi connectivity index (χ0n) is 11.7. The predicted molar refractivity (Wildman–Crippen MR) is 80.1 cm³/mol. The van der Waals surface area contributed by atoms with Crippen LogP contribution in [0, 0.1) is 15.9 Å². The van der Waals surface area contributed by atoms with Crippen LogP contribution in [0.2, 0.25) is 0 Å². The van der Waals surface area contributed by atoms with E-state index in [9.17, 15) is 19.3 Å². The molecule has 0 radical (unpaired) electrons. The van der Waals surface area contributed by atoms with Gasteiger partial charge in [-0.25, -0.2) is 0 Å². The van der Waals surface area contributed by atoms with Gasteiger partial charge in [0, 0.05) is 22.9 Å². The SMILES string of the molecule is CCSC1CCC(NC(=O)c2ccc(F)c([N+](=O)[O-])c2)C1. The Kier molecular flexibility index (Phi) is 5.17. The van der Waals surface area contributed by atoms with E-state index in [0.717, 1.165) is 37.1 Å². The van der Waals surface area contributed by atoms with Gasteiger partial charge < -0.3 is 5.32 Å². The summed E-state index contributed by atoms with van der Waals surface area (Å²) in [6.07, 6.45) is 2.88. The molecule has 1 fully saturated rings. The van der Waals surface area contributed by atoms with Crippen LogP contribution in [-0.4, -0.2) is 27.9 Å². The van der Waals surface area contributed by atoms with Gasteiger partial charge in [-0.3, -0.25) is 14.9 Å². The van der Waals surface area contributed by atoms with Crippen molar-refractivity contribution >= 4 is 23.4 Å². The average molecular weight is 312 g/mol. The highest BCUT2D eigenvalue weighted by Gasteiger charge is 2.26. The second-order valence-corrected chi connectivity index (χ2v) is 6.56. The number of nitrogens with one attached hydrogen (secondary N) is 1. The molecule has 2 rings (SSSR count). The largest absolute Gasteiger partial charge is 0.349 e. The zero-order valence-corrected chi connectivity index (χ0v) is 12.5. The molecule has 2 unspecified atom stereocenters. The van der Waals surface area contributed by atoms with Gasteiger partial charge in [-0.05, 0) is 37.1 Å². The lowest BCUT2D eigenvalue weighted by Crippen LogP contribution is -2.33. The number of nitrogens with zero attached hydrogens (tertiary/aromatic N) is 1. The first-order valence-electron chi connectivity index (χ1n) is 6.87. The fourth-order valence-electron chi connectivity index (χ4n) is 2.52. The van der Waals surface area contributed by atoms with Crippen molar-refractivity contribution in [2.45, 2.75) is 37.5 Å². The molecule has 1 aliphatic rings. The van der Waals surface area contributed by atoms with Crippen molar-refractivity contribution in [3.05, 3.63) is 39.7 Å². The molecule has 0 saturated heterocycles. The molecular weight excluding hydrogens is 295 g/mol. The van der Waals surface area contributed by atoms with Crippen LogP contribution in [0.1, 0.15) is 36.5 Å². The standard InChI is InChI=1S/C14H17FN2O3S/c1-2-21-11-5-4-10(8-11)16-14(18)9-3-6-12(15)13(7-9)17(19)20/h3,6-7,10-11H,2,4-5,8H2,1H3,(H,16,18). The number of hydrogen-bond acceptors (Lipinski definition) is 4. The highest BCUT2D eigenvalue weighted by molar-refractivity contribution is 7.99. The van der Waals surface area contributed by atoms with Crippen molar-refractivity contribution < 1.29 is 14.1 Å². The number of nitro benzene ring substituents is 1. The summed E-state index contributed by atoms with van der Waals surface area (Å²) < 4.78 is 13.2. The molecule has 1 saturated carbocycles. The normalized spacial score (nSPS) is 21.2.